The average molecular weight is 253 g/mol. The molecular formula is C12H10ClFN2O. The van der Waals surface area contributed by atoms with Crippen LogP contribution in [0.4, 0.5) is 4.39 Å². The summed E-state index contributed by atoms with van der Waals surface area (Å²) < 4.78 is 19.1. The molecule has 1 aromatic heterocycles. The van der Waals surface area contributed by atoms with Crippen LogP contribution in [0.15, 0.2) is 18.2 Å². The Morgan fingerprint density at radius 1 is 1.41 bits per heavy atom. The quantitative estimate of drug-likeness (QED) is 0.847. The Hall–Kier alpha value is -1.39. The molecule has 0 bridgehead atoms. The van der Waals surface area contributed by atoms with E-state index in [-0.39, 0.29) is 5.82 Å². The molecule has 3 nitrogen and oxygen atoms in total. The molecule has 1 N–H and O–H groups in total. The van der Waals surface area contributed by atoms with E-state index in [2.05, 4.69) is 10.2 Å². The number of rotatable bonds is 1. The lowest BCUT2D eigenvalue weighted by Crippen LogP contribution is -2.09. The molecule has 17 heavy (non-hydrogen) atoms. The smallest absolute Gasteiger partial charge is 0.132 e. The van der Waals surface area contributed by atoms with Crippen molar-refractivity contribution >= 4 is 11.6 Å². The van der Waals surface area contributed by atoms with Crippen molar-refractivity contribution in [2.45, 2.75) is 13.0 Å². The van der Waals surface area contributed by atoms with Crippen LogP contribution in [-0.4, -0.2) is 16.8 Å². The second-order valence-electron chi connectivity index (χ2n) is 3.96. The first kappa shape index (κ1) is 10.7. The van der Waals surface area contributed by atoms with E-state index in [0.717, 1.165) is 17.7 Å². The van der Waals surface area contributed by atoms with Crippen LogP contribution in [-0.2, 0) is 17.8 Å². The minimum atomic E-state index is -0.310. The summed E-state index contributed by atoms with van der Waals surface area (Å²) in [4.78, 5) is 0. The number of hydrogen-bond acceptors (Lipinski definition) is 2. The molecule has 2 aromatic rings. The van der Waals surface area contributed by atoms with E-state index in [9.17, 15) is 4.39 Å². The summed E-state index contributed by atoms with van der Waals surface area (Å²) in [6, 6.07) is 4.49. The van der Waals surface area contributed by atoms with Crippen LogP contribution in [0, 0.1) is 5.82 Å². The highest BCUT2D eigenvalue weighted by Gasteiger charge is 2.20. The van der Waals surface area contributed by atoms with Crippen LogP contribution in [0.25, 0.3) is 11.3 Å². The zero-order valence-corrected chi connectivity index (χ0v) is 9.72. The van der Waals surface area contributed by atoms with Crippen LogP contribution in [0.2, 0.25) is 5.02 Å². The number of halogens is 2. The van der Waals surface area contributed by atoms with Crippen molar-refractivity contribution < 1.29 is 9.13 Å². The highest BCUT2D eigenvalue weighted by atomic mass is 35.5. The molecule has 0 saturated carbocycles. The predicted octanol–water partition coefficient (Wildman–Crippen LogP) is 2.94. The minimum absolute atomic E-state index is 0.310. The lowest BCUT2D eigenvalue weighted by molar-refractivity contribution is 0.108. The zero-order chi connectivity index (χ0) is 11.8. The summed E-state index contributed by atoms with van der Waals surface area (Å²) in [5, 5.41) is 7.56. The molecule has 88 valence electrons. The third-order valence-electron chi connectivity index (χ3n) is 2.88. The molecule has 1 aliphatic heterocycles. The molecule has 0 unspecified atom stereocenters. The van der Waals surface area contributed by atoms with Gasteiger partial charge < -0.3 is 4.74 Å². The van der Waals surface area contributed by atoms with E-state index in [0.29, 0.717) is 29.5 Å². The summed E-state index contributed by atoms with van der Waals surface area (Å²) in [6.45, 7) is 1.15. The van der Waals surface area contributed by atoms with Crippen molar-refractivity contribution in [3.05, 3.63) is 40.3 Å². The molecule has 2 heterocycles. The van der Waals surface area contributed by atoms with Gasteiger partial charge in [-0.25, -0.2) is 4.39 Å². The average Bonchev–Trinajstić information content (AvgIpc) is 2.76. The van der Waals surface area contributed by atoms with E-state index in [1.165, 1.54) is 12.1 Å². The van der Waals surface area contributed by atoms with Gasteiger partial charge >= 0.3 is 0 Å². The standard InChI is InChI=1S/C12H10ClFN2O/c13-7-1-2-10(14)9(5-7)12-8-3-4-17-6-11(8)15-16-12/h1-2,5H,3-4,6H2,(H,15,16). The fourth-order valence-corrected chi connectivity index (χ4v) is 2.21. The number of ether oxygens (including phenoxy) is 1. The fraction of sp³-hybridized carbons (Fsp3) is 0.250. The first-order chi connectivity index (χ1) is 8.25. The van der Waals surface area contributed by atoms with Crippen molar-refractivity contribution in [3.8, 4) is 11.3 Å². The Labute approximate surface area is 103 Å². The van der Waals surface area contributed by atoms with Gasteiger partial charge in [-0.05, 0) is 24.6 Å². The van der Waals surface area contributed by atoms with Crippen LogP contribution >= 0.6 is 11.6 Å². The molecule has 1 aliphatic rings. The summed E-state index contributed by atoms with van der Waals surface area (Å²) >= 11 is 5.89. The topological polar surface area (TPSA) is 37.9 Å². The molecule has 0 amide bonds. The molecule has 0 saturated heterocycles. The third-order valence-corrected chi connectivity index (χ3v) is 3.11. The number of aromatic nitrogens is 2. The van der Waals surface area contributed by atoms with Crippen molar-refractivity contribution in [1.29, 1.82) is 0 Å². The minimum Gasteiger partial charge on any atom is -0.375 e. The number of benzene rings is 1. The molecule has 0 radical (unpaired) electrons. The number of fused-ring (bicyclic) bond motifs is 1. The number of aromatic amines is 1. The Morgan fingerprint density at radius 3 is 3.18 bits per heavy atom. The van der Waals surface area contributed by atoms with E-state index in [1.807, 2.05) is 0 Å². The maximum atomic E-state index is 13.8. The van der Waals surface area contributed by atoms with Crippen molar-refractivity contribution in [2.24, 2.45) is 0 Å². The van der Waals surface area contributed by atoms with Crippen LogP contribution in [0.3, 0.4) is 0 Å². The van der Waals surface area contributed by atoms with E-state index < -0.39 is 0 Å². The van der Waals surface area contributed by atoms with Gasteiger partial charge in [0.15, 0.2) is 0 Å². The number of nitrogens with zero attached hydrogens (tertiary/aromatic N) is 1. The summed E-state index contributed by atoms with van der Waals surface area (Å²) in [5.74, 6) is -0.310. The monoisotopic (exact) mass is 252 g/mol. The Bertz CT molecular complexity index is 568. The molecule has 0 atom stereocenters. The van der Waals surface area contributed by atoms with E-state index in [1.54, 1.807) is 6.07 Å². The highest BCUT2D eigenvalue weighted by Crippen LogP contribution is 2.30. The van der Waals surface area contributed by atoms with Crippen LogP contribution < -0.4 is 0 Å². The first-order valence-corrected chi connectivity index (χ1v) is 5.73. The summed E-state index contributed by atoms with van der Waals surface area (Å²) in [7, 11) is 0. The van der Waals surface area contributed by atoms with Crippen LogP contribution in [0.1, 0.15) is 11.3 Å². The van der Waals surface area contributed by atoms with Gasteiger partial charge in [0.25, 0.3) is 0 Å². The van der Waals surface area contributed by atoms with Gasteiger partial charge in [-0.2, -0.15) is 5.10 Å². The largest absolute Gasteiger partial charge is 0.375 e. The highest BCUT2D eigenvalue weighted by molar-refractivity contribution is 6.30. The predicted molar refractivity (Wildman–Crippen MR) is 62.4 cm³/mol. The van der Waals surface area contributed by atoms with Gasteiger partial charge in [0.1, 0.15) is 5.82 Å². The molecule has 0 spiro atoms. The number of hydrogen-bond donors (Lipinski definition) is 1. The van der Waals surface area contributed by atoms with Gasteiger partial charge in [0, 0.05) is 16.1 Å². The number of H-pyrrole nitrogens is 1. The molecule has 0 fully saturated rings. The maximum absolute atomic E-state index is 13.8. The Kier molecular flexibility index (Phi) is 2.61. The summed E-state index contributed by atoms with van der Waals surface area (Å²) in [6.07, 6.45) is 0.743. The van der Waals surface area contributed by atoms with Crippen molar-refractivity contribution in [3.63, 3.8) is 0 Å². The van der Waals surface area contributed by atoms with Gasteiger partial charge in [-0.15, -0.1) is 0 Å². The molecule has 0 aliphatic carbocycles. The molecule has 1 aromatic carbocycles. The normalized spacial score (nSPS) is 14.7. The lowest BCUT2D eigenvalue weighted by Gasteiger charge is -2.12. The third kappa shape index (κ3) is 1.83. The van der Waals surface area contributed by atoms with E-state index >= 15 is 0 Å². The second kappa shape index (κ2) is 4.13. The SMILES string of the molecule is Fc1ccc(Cl)cc1-c1n[nH]c2c1CCOC2. The van der Waals surface area contributed by atoms with Gasteiger partial charge in [-0.1, -0.05) is 11.6 Å². The van der Waals surface area contributed by atoms with Gasteiger partial charge in [0.05, 0.1) is 24.6 Å². The summed E-state index contributed by atoms with van der Waals surface area (Å²) in [5.41, 5.74) is 3.03. The van der Waals surface area contributed by atoms with Crippen LogP contribution in [0.5, 0.6) is 0 Å². The molecule has 3 rings (SSSR count). The zero-order valence-electron chi connectivity index (χ0n) is 8.96. The first-order valence-electron chi connectivity index (χ1n) is 5.35. The van der Waals surface area contributed by atoms with Crippen molar-refractivity contribution in [2.75, 3.05) is 6.61 Å². The Balaban J connectivity index is 2.15. The number of nitrogens with one attached hydrogen (secondary N) is 1. The lowest BCUT2D eigenvalue weighted by atomic mass is 10.0. The van der Waals surface area contributed by atoms with Crippen molar-refractivity contribution in [1.82, 2.24) is 10.2 Å². The molecular weight excluding hydrogens is 243 g/mol. The fourth-order valence-electron chi connectivity index (χ4n) is 2.04. The second-order valence-corrected chi connectivity index (χ2v) is 4.39. The Morgan fingerprint density at radius 2 is 2.29 bits per heavy atom. The molecule has 5 heteroatoms. The van der Waals surface area contributed by atoms with E-state index in [4.69, 9.17) is 16.3 Å². The van der Waals surface area contributed by atoms with Gasteiger partial charge in [-0.3, -0.25) is 5.10 Å². The maximum Gasteiger partial charge on any atom is 0.132 e. The van der Waals surface area contributed by atoms with Gasteiger partial charge in [0.2, 0.25) is 0 Å².